The highest BCUT2D eigenvalue weighted by molar-refractivity contribution is 5.94. The molecule has 0 saturated carbocycles. The number of nitrogens with one attached hydrogen (secondary N) is 2. The fourth-order valence-electron chi connectivity index (χ4n) is 2.47. The summed E-state index contributed by atoms with van der Waals surface area (Å²) in [4.78, 5) is 36.7. The average Bonchev–Trinajstić information content (AvgIpc) is 2.65. The Hall–Kier alpha value is -3.24. The number of carbonyl (C=O) groups is 2. The summed E-state index contributed by atoms with van der Waals surface area (Å²) < 4.78 is 41.5. The van der Waals surface area contributed by atoms with Crippen LogP contribution in [0.4, 0.5) is 19.1 Å². The van der Waals surface area contributed by atoms with E-state index >= 15 is 0 Å². The number of rotatable bonds is 7. The molecule has 0 radical (unpaired) electrons. The Morgan fingerprint density at radius 2 is 1.81 bits per heavy atom. The second kappa shape index (κ2) is 9.71. The van der Waals surface area contributed by atoms with Crippen molar-refractivity contribution in [2.75, 3.05) is 11.9 Å². The Balaban J connectivity index is 2.11. The molecule has 1 atom stereocenters. The van der Waals surface area contributed by atoms with E-state index in [2.05, 4.69) is 30.3 Å². The number of ether oxygens (including phenoxy) is 1. The van der Waals surface area contributed by atoms with Crippen LogP contribution in [0.5, 0.6) is 5.88 Å². The van der Waals surface area contributed by atoms with Gasteiger partial charge in [-0.25, -0.2) is 15.0 Å². The van der Waals surface area contributed by atoms with E-state index in [1.165, 1.54) is 13.0 Å². The number of hydrogen-bond acceptors (Lipinski definition) is 6. The number of anilines is 1. The number of halogens is 3. The van der Waals surface area contributed by atoms with Crippen molar-refractivity contribution in [3.05, 3.63) is 40.8 Å². The number of carbonyl (C=O) groups excluding carboxylic acids is 2. The lowest BCUT2D eigenvalue weighted by Gasteiger charge is -2.16. The van der Waals surface area contributed by atoms with Crippen molar-refractivity contribution >= 4 is 17.8 Å². The topological polar surface area (TPSA) is 106 Å². The lowest BCUT2D eigenvalue weighted by molar-refractivity contribution is -0.154. The molecule has 2 N–H and O–H groups in total. The highest BCUT2D eigenvalue weighted by Gasteiger charge is 2.29. The third-order valence-corrected chi connectivity index (χ3v) is 4.09. The van der Waals surface area contributed by atoms with Crippen LogP contribution in [0.25, 0.3) is 0 Å². The lowest BCUT2D eigenvalue weighted by atomic mass is 10.1. The van der Waals surface area contributed by atoms with Gasteiger partial charge in [0.1, 0.15) is 0 Å². The van der Waals surface area contributed by atoms with E-state index in [-0.39, 0.29) is 29.2 Å². The van der Waals surface area contributed by atoms with Crippen LogP contribution in [0, 0.1) is 19.8 Å². The molecule has 2 heterocycles. The smallest absolute Gasteiger partial charge is 0.422 e. The summed E-state index contributed by atoms with van der Waals surface area (Å²) in [7, 11) is 0. The molecule has 168 valence electrons. The summed E-state index contributed by atoms with van der Waals surface area (Å²) >= 11 is 0. The summed E-state index contributed by atoms with van der Waals surface area (Å²) in [5, 5.41) is 5.36. The second-order valence-corrected chi connectivity index (χ2v) is 7.35. The maximum Gasteiger partial charge on any atom is 0.422 e. The minimum Gasteiger partial charge on any atom is -0.468 e. The molecular formula is C20H24F3N5O3. The maximum atomic E-state index is 12.6. The first-order valence-corrected chi connectivity index (χ1v) is 9.49. The fraction of sp³-hybridized carbons (Fsp3) is 0.450. The van der Waals surface area contributed by atoms with Crippen LogP contribution in [-0.4, -0.2) is 39.5 Å². The van der Waals surface area contributed by atoms with Crippen molar-refractivity contribution in [2.24, 2.45) is 5.92 Å². The molecule has 11 heteroatoms. The summed E-state index contributed by atoms with van der Waals surface area (Å²) in [6, 6.07) is 2.53. The van der Waals surface area contributed by atoms with Crippen molar-refractivity contribution < 1.29 is 27.5 Å². The van der Waals surface area contributed by atoms with E-state index < -0.39 is 24.7 Å². The number of aromatic nitrogens is 3. The van der Waals surface area contributed by atoms with Crippen LogP contribution in [0.3, 0.4) is 0 Å². The Morgan fingerprint density at radius 3 is 2.39 bits per heavy atom. The van der Waals surface area contributed by atoms with Gasteiger partial charge in [-0.2, -0.15) is 13.2 Å². The largest absolute Gasteiger partial charge is 0.468 e. The second-order valence-electron chi connectivity index (χ2n) is 7.35. The SMILES string of the molecule is Cc1cc(C(C)NC(=O)c2cnc(OCC(F)(F)F)c(C)c2)nc(NC(=O)C(C)C)n1. The Bertz CT molecular complexity index is 964. The number of pyridine rings is 1. The van der Waals surface area contributed by atoms with Crippen molar-refractivity contribution in [2.45, 2.75) is 46.8 Å². The Kier molecular flexibility index (Phi) is 7.53. The molecule has 2 rings (SSSR count). The Morgan fingerprint density at radius 1 is 1.13 bits per heavy atom. The van der Waals surface area contributed by atoms with Crippen LogP contribution in [0.2, 0.25) is 0 Å². The quantitative estimate of drug-likeness (QED) is 0.684. The molecule has 2 amide bonds. The van der Waals surface area contributed by atoms with Gasteiger partial charge in [0, 0.05) is 23.4 Å². The summed E-state index contributed by atoms with van der Waals surface area (Å²) in [6.07, 6.45) is -3.34. The number of amides is 2. The van der Waals surface area contributed by atoms with Crippen molar-refractivity contribution in [3.63, 3.8) is 0 Å². The third-order valence-electron chi connectivity index (χ3n) is 4.09. The van der Waals surface area contributed by atoms with Gasteiger partial charge in [-0.3, -0.25) is 14.9 Å². The number of aryl methyl sites for hydroxylation is 2. The number of nitrogens with zero attached hydrogens (tertiary/aromatic N) is 3. The molecule has 8 nitrogen and oxygen atoms in total. The molecule has 0 aliphatic rings. The highest BCUT2D eigenvalue weighted by Crippen LogP contribution is 2.21. The molecule has 0 fully saturated rings. The van der Waals surface area contributed by atoms with E-state index in [1.54, 1.807) is 33.8 Å². The van der Waals surface area contributed by atoms with E-state index in [9.17, 15) is 22.8 Å². The molecule has 0 aliphatic carbocycles. The van der Waals surface area contributed by atoms with Crippen LogP contribution < -0.4 is 15.4 Å². The monoisotopic (exact) mass is 439 g/mol. The minimum atomic E-state index is -4.48. The Labute approximate surface area is 177 Å². The summed E-state index contributed by atoms with van der Waals surface area (Å²) in [5.41, 5.74) is 1.53. The van der Waals surface area contributed by atoms with Gasteiger partial charge in [0.05, 0.1) is 17.3 Å². The lowest BCUT2D eigenvalue weighted by Crippen LogP contribution is -2.28. The van der Waals surface area contributed by atoms with Crippen LogP contribution >= 0.6 is 0 Å². The first-order chi connectivity index (χ1) is 14.4. The van der Waals surface area contributed by atoms with Gasteiger partial charge in [-0.05, 0) is 32.9 Å². The molecule has 0 saturated heterocycles. The van der Waals surface area contributed by atoms with E-state index in [0.717, 1.165) is 6.20 Å². The van der Waals surface area contributed by atoms with Gasteiger partial charge >= 0.3 is 6.18 Å². The number of hydrogen-bond donors (Lipinski definition) is 2. The standard InChI is InChI=1S/C20H24F3N5O3/c1-10(2)16(29)28-19-25-12(4)7-15(27-19)13(5)26-17(30)14-6-11(3)18(24-8-14)31-9-20(21,22)23/h6-8,10,13H,9H2,1-5H3,(H,26,30)(H,25,27,28,29). The van der Waals surface area contributed by atoms with Gasteiger partial charge < -0.3 is 10.1 Å². The number of alkyl halides is 3. The average molecular weight is 439 g/mol. The van der Waals surface area contributed by atoms with Crippen LogP contribution in [0.15, 0.2) is 18.3 Å². The minimum absolute atomic E-state index is 0.137. The van der Waals surface area contributed by atoms with E-state index in [1.807, 2.05) is 0 Å². The van der Waals surface area contributed by atoms with Crippen molar-refractivity contribution in [1.29, 1.82) is 0 Å². The highest BCUT2D eigenvalue weighted by atomic mass is 19.4. The third kappa shape index (κ3) is 7.19. The molecule has 0 spiro atoms. The molecule has 2 aromatic heterocycles. The zero-order chi connectivity index (χ0) is 23.3. The van der Waals surface area contributed by atoms with Gasteiger partial charge in [-0.1, -0.05) is 13.8 Å². The normalized spacial score (nSPS) is 12.4. The zero-order valence-corrected chi connectivity index (χ0v) is 17.8. The molecule has 0 aliphatic heterocycles. The predicted molar refractivity (Wildman–Crippen MR) is 107 cm³/mol. The first-order valence-electron chi connectivity index (χ1n) is 9.49. The van der Waals surface area contributed by atoms with Gasteiger partial charge in [0.15, 0.2) is 6.61 Å². The maximum absolute atomic E-state index is 12.6. The van der Waals surface area contributed by atoms with Gasteiger partial charge in [0.2, 0.25) is 17.7 Å². The summed E-state index contributed by atoms with van der Waals surface area (Å²) in [6.45, 7) is 6.95. The first kappa shape index (κ1) is 24.0. The molecular weight excluding hydrogens is 415 g/mol. The zero-order valence-electron chi connectivity index (χ0n) is 17.8. The van der Waals surface area contributed by atoms with Gasteiger partial charge in [0.25, 0.3) is 5.91 Å². The molecule has 2 aromatic rings. The van der Waals surface area contributed by atoms with E-state index in [4.69, 9.17) is 0 Å². The van der Waals surface area contributed by atoms with Gasteiger partial charge in [-0.15, -0.1) is 0 Å². The van der Waals surface area contributed by atoms with Crippen LogP contribution in [0.1, 0.15) is 54.1 Å². The van der Waals surface area contributed by atoms with Crippen molar-refractivity contribution in [3.8, 4) is 5.88 Å². The van der Waals surface area contributed by atoms with Crippen molar-refractivity contribution in [1.82, 2.24) is 20.3 Å². The fourth-order valence-corrected chi connectivity index (χ4v) is 2.47. The summed E-state index contributed by atoms with van der Waals surface area (Å²) in [5.74, 6) is -1.03. The van der Waals surface area contributed by atoms with E-state index in [0.29, 0.717) is 17.0 Å². The molecule has 0 aromatic carbocycles. The van der Waals surface area contributed by atoms with Crippen LogP contribution in [-0.2, 0) is 4.79 Å². The predicted octanol–water partition coefficient (Wildman–Crippen LogP) is 3.52. The molecule has 31 heavy (non-hydrogen) atoms. The molecule has 0 bridgehead atoms. The molecule has 1 unspecified atom stereocenters.